The molecule has 0 spiro atoms. The SMILES string of the molecule is COc1cc2c(C#N)cn(-c3ccc(C(=O)O)cc3)c2cc1C1CC1. The van der Waals surface area contributed by atoms with E-state index in [1.807, 2.05) is 10.6 Å². The number of aromatic carboxylic acids is 1. The topological polar surface area (TPSA) is 75.2 Å². The van der Waals surface area contributed by atoms with Crippen molar-refractivity contribution >= 4 is 16.9 Å². The molecule has 3 aromatic rings. The number of aromatic nitrogens is 1. The first-order valence-electron chi connectivity index (χ1n) is 8.09. The molecule has 0 atom stereocenters. The zero-order valence-electron chi connectivity index (χ0n) is 13.7. The summed E-state index contributed by atoms with van der Waals surface area (Å²) in [4.78, 5) is 11.0. The molecular formula is C20H16N2O3. The number of fused-ring (bicyclic) bond motifs is 1. The minimum atomic E-state index is -0.956. The minimum absolute atomic E-state index is 0.237. The van der Waals surface area contributed by atoms with Crippen molar-refractivity contribution in [2.24, 2.45) is 0 Å². The zero-order valence-corrected chi connectivity index (χ0v) is 13.7. The molecule has 0 unspecified atom stereocenters. The Morgan fingerprint density at radius 2 is 2.00 bits per heavy atom. The van der Waals surface area contributed by atoms with Crippen molar-refractivity contribution in [3.8, 4) is 17.5 Å². The highest BCUT2D eigenvalue weighted by atomic mass is 16.5. The summed E-state index contributed by atoms with van der Waals surface area (Å²) in [5, 5.41) is 19.4. The molecule has 1 N–H and O–H groups in total. The second kappa shape index (κ2) is 5.67. The molecule has 0 bridgehead atoms. The van der Waals surface area contributed by atoms with Crippen molar-refractivity contribution < 1.29 is 14.6 Å². The van der Waals surface area contributed by atoms with Gasteiger partial charge in [0.05, 0.1) is 23.8 Å². The Hall–Kier alpha value is -3.26. The Balaban J connectivity index is 1.93. The normalized spacial score (nSPS) is 13.6. The number of hydrogen-bond donors (Lipinski definition) is 1. The van der Waals surface area contributed by atoms with Gasteiger partial charge in [-0.1, -0.05) is 0 Å². The molecule has 2 aromatic carbocycles. The molecule has 1 heterocycles. The van der Waals surface area contributed by atoms with Crippen molar-refractivity contribution in [1.82, 2.24) is 4.57 Å². The van der Waals surface area contributed by atoms with Crippen molar-refractivity contribution in [2.75, 3.05) is 7.11 Å². The summed E-state index contributed by atoms with van der Waals surface area (Å²) in [6, 6.07) is 12.9. The van der Waals surface area contributed by atoms with Gasteiger partial charge in [-0.2, -0.15) is 5.26 Å². The van der Waals surface area contributed by atoms with Gasteiger partial charge < -0.3 is 14.4 Å². The number of hydrogen-bond acceptors (Lipinski definition) is 3. The lowest BCUT2D eigenvalue weighted by atomic mass is 10.1. The first-order valence-corrected chi connectivity index (χ1v) is 8.09. The van der Waals surface area contributed by atoms with Crippen LogP contribution in [0.2, 0.25) is 0 Å². The number of carboxylic acids is 1. The maximum atomic E-state index is 11.0. The average Bonchev–Trinajstić information content (AvgIpc) is 3.42. The van der Waals surface area contributed by atoms with E-state index in [0.29, 0.717) is 11.5 Å². The third-order valence-corrected chi connectivity index (χ3v) is 4.69. The van der Waals surface area contributed by atoms with Gasteiger partial charge in [-0.05, 0) is 60.7 Å². The highest BCUT2D eigenvalue weighted by Crippen LogP contribution is 2.46. The lowest BCUT2D eigenvalue weighted by Crippen LogP contribution is -1.98. The highest BCUT2D eigenvalue weighted by molar-refractivity contribution is 5.91. The van der Waals surface area contributed by atoms with Crippen LogP contribution >= 0.6 is 0 Å². The first kappa shape index (κ1) is 15.3. The van der Waals surface area contributed by atoms with E-state index in [0.717, 1.165) is 35.2 Å². The second-order valence-corrected chi connectivity index (χ2v) is 6.26. The van der Waals surface area contributed by atoms with Crippen molar-refractivity contribution in [1.29, 1.82) is 5.26 Å². The summed E-state index contributed by atoms with van der Waals surface area (Å²) in [6.45, 7) is 0. The molecular weight excluding hydrogens is 316 g/mol. The van der Waals surface area contributed by atoms with Gasteiger partial charge in [-0.25, -0.2) is 4.79 Å². The van der Waals surface area contributed by atoms with Crippen molar-refractivity contribution in [3.05, 3.63) is 59.3 Å². The van der Waals surface area contributed by atoms with E-state index >= 15 is 0 Å². The van der Waals surface area contributed by atoms with Gasteiger partial charge in [-0.3, -0.25) is 0 Å². The van der Waals surface area contributed by atoms with E-state index in [1.165, 1.54) is 5.56 Å². The van der Waals surface area contributed by atoms with Crippen LogP contribution in [0.1, 0.15) is 40.2 Å². The summed E-state index contributed by atoms with van der Waals surface area (Å²) >= 11 is 0. The Morgan fingerprint density at radius 3 is 2.56 bits per heavy atom. The minimum Gasteiger partial charge on any atom is -0.496 e. The van der Waals surface area contributed by atoms with E-state index in [4.69, 9.17) is 9.84 Å². The molecule has 124 valence electrons. The number of carboxylic acid groups (broad SMARTS) is 1. The maximum absolute atomic E-state index is 11.0. The third-order valence-electron chi connectivity index (χ3n) is 4.69. The first-order chi connectivity index (χ1) is 12.1. The predicted molar refractivity (Wildman–Crippen MR) is 93.5 cm³/mol. The van der Waals surface area contributed by atoms with Crippen LogP contribution in [0.3, 0.4) is 0 Å². The van der Waals surface area contributed by atoms with Gasteiger partial charge in [0.25, 0.3) is 0 Å². The van der Waals surface area contributed by atoms with Crippen LogP contribution in [0, 0.1) is 11.3 Å². The van der Waals surface area contributed by atoms with Gasteiger partial charge in [-0.15, -0.1) is 0 Å². The van der Waals surface area contributed by atoms with Gasteiger partial charge >= 0.3 is 5.97 Å². The van der Waals surface area contributed by atoms with E-state index in [2.05, 4.69) is 12.1 Å². The van der Waals surface area contributed by atoms with E-state index in [1.54, 1.807) is 37.6 Å². The number of rotatable bonds is 4. The Bertz CT molecular complexity index is 1020. The van der Waals surface area contributed by atoms with Crippen LogP contribution in [-0.2, 0) is 0 Å². The number of ether oxygens (including phenoxy) is 1. The van der Waals surface area contributed by atoms with E-state index < -0.39 is 5.97 Å². The predicted octanol–water partition coefficient (Wildman–Crippen LogP) is 4.09. The van der Waals surface area contributed by atoms with Gasteiger partial charge in [0.15, 0.2) is 0 Å². The molecule has 5 heteroatoms. The third kappa shape index (κ3) is 2.52. The molecule has 25 heavy (non-hydrogen) atoms. The monoisotopic (exact) mass is 332 g/mol. The fourth-order valence-electron chi connectivity index (χ4n) is 3.23. The molecule has 0 amide bonds. The molecule has 0 saturated heterocycles. The van der Waals surface area contributed by atoms with Crippen LogP contribution < -0.4 is 4.74 Å². The summed E-state index contributed by atoms with van der Waals surface area (Å²) in [6.07, 6.45) is 4.10. The number of carbonyl (C=O) groups is 1. The van der Waals surface area contributed by atoms with Gasteiger partial charge in [0.1, 0.15) is 11.8 Å². The van der Waals surface area contributed by atoms with Crippen LogP contribution in [0.5, 0.6) is 5.75 Å². The number of nitrogens with zero attached hydrogens (tertiary/aromatic N) is 2. The van der Waals surface area contributed by atoms with Crippen molar-refractivity contribution in [3.63, 3.8) is 0 Å². The fraction of sp³-hybridized carbons (Fsp3) is 0.200. The summed E-state index contributed by atoms with van der Waals surface area (Å²) < 4.78 is 7.46. The molecule has 1 aliphatic rings. The maximum Gasteiger partial charge on any atom is 0.335 e. The molecule has 1 saturated carbocycles. The van der Waals surface area contributed by atoms with Crippen LogP contribution in [-0.4, -0.2) is 22.8 Å². The highest BCUT2D eigenvalue weighted by Gasteiger charge is 2.28. The van der Waals surface area contributed by atoms with E-state index in [-0.39, 0.29) is 5.56 Å². The molecule has 0 aliphatic heterocycles. The lowest BCUT2D eigenvalue weighted by Gasteiger charge is -2.11. The average molecular weight is 332 g/mol. The van der Waals surface area contributed by atoms with Crippen LogP contribution in [0.4, 0.5) is 0 Å². The number of methoxy groups -OCH3 is 1. The van der Waals surface area contributed by atoms with Crippen LogP contribution in [0.15, 0.2) is 42.6 Å². The molecule has 4 rings (SSSR count). The standard InChI is InChI=1S/C20H16N2O3/c1-25-19-9-16-14(10-21)11-22(18(16)8-17(19)12-2-3-12)15-6-4-13(5-7-15)20(23)24/h4-9,11-12H,2-3H2,1H3,(H,23,24). The summed E-state index contributed by atoms with van der Waals surface area (Å²) in [5.74, 6) is 0.385. The summed E-state index contributed by atoms with van der Waals surface area (Å²) in [7, 11) is 1.65. The largest absolute Gasteiger partial charge is 0.496 e. The Labute approximate surface area is 144 Å². The smallest absolute Gasteiger partial charge is 0.335 e. The zero-order chi connectivity index (χ0) is 17.6. The molecule has 1 aromatic heterocycles. The Kier molecular flexibility index (Phi) is 3.47. The molecule has 5 nitrogen and oxygen atoms in total. The second-order valence-electron chi connectivity index (χ2n) is 6.26. The molecule has 1 fully saturated rings. The van der Waals surface area contributed by atoms with Crippen LogP contribution in [0.25, 0.3) is 16.6 Å². The van der Waals surface area contributed by atoms with E-state index in [9.17, 15) is 10.1 Å². The molecule has 1 aliphatic carbocycles. The number of nitriles is 1. The van der Waals surface area contributed by atoms with Crippen molar-refractivity contribution in [2.45, 2.75) is 18.8 Å². The fourth-order valence-corrected chi connectivity index (χ4v) is 3.23. The quantitative estimate of drug-likeness (QED) is 0.781. The number of benzene rings is 2. The lowest BCUT2D eigenvalue weighted by molar-refractivity contribution is 0.0697. The Morgan fingerprint density at radius 1 is 1.28 bits per heavy atom. The molecule has 0 radical (unpaired) electrons. The van der Waals surface area contributed by atoms with Gasteiger partial charge in [0, 0.05) is 17.3 Å². The summed E-state index contributed by atoms with van der Waals surface area (Å²) in [5.41, 5.74) is 3.73. The van der Waals surface area contributed by atoms with Gasteiger partial charge in [0.2, 0.25) is 0 Å².